The van der Waals surface area contributed by atoms with Crippen molar-refractivity contribution in [1.29, 1.82) is 0 Å². The molecule has 1 saturated carbocycles. The summed E-state index contributed by atoms with van der Waals surface area (Å²) < 4.78 is 20.3. The fraction of sp³-hybridized carbons (Fsp3) is 0.588. The Balaban J connectivity index is 1.93. The molecule has 8 heteroatoms. The van der Waals surface area contributed by atoms with Gasteiger partial charge in [-0.15, -0.1) is 0 Å². The number of ether oxygens (including phenoxy) is 1. The lowest BCUT2D eigenvalue weighted by Crippen LogP contribution is -2.37. The van der Waals surface area contributed by atoms with E-state index >= 15 is 0 Å². The van der Waals surface area contributed by atoms with Crippen molar-refractivity contribution < 1.29 is 9.13 Å². The van der Waals surface area contributed by atoms with Crippen LogP contribution in [0.3, 0.4) is 0 Å². The molecular formula is C17H20ClFN4OS. The lowest BCUT2D eigenvalue weighted by molar-refractivity contribution is 0.330. The molecule has 2 aromatic heterocycles. The molecule has 5 nitrogen and oxygen atoms in total. The molecule has 2 bridgehead atoms. The average Bonchev–Trinajstić information content (AvgIpc) is 2.96. The second kappa shape index (κ2) is 6.76. The molecule has 0 aromatic carbocycles. The number of hydrogen-bond acceptors (Lipinski definition) is 6. The van der Waals surface area contributed by atoms with Gasteiger partial charge in [0.2, 0.25) is 5.88 Å². The maximum atomic E-state index is 14.7. The Hall–Kier alpha value is -1.34. The molecule has 1 aliphatic carbocycles. The molecule has 2 aliphatic rings. The number of hydrogen-bond donors (Lipinski definition) is 0. The third kappa shape index (κ3) is 3.01. The highest BCUT2D eigenvalue weighted by molar-refractivity contribution is 7.98. The average molecular weight is 383 g/mol. The summed E-state index contributed by atoms with van der Waals surface area (Å²) in [5, 5.41) is 0.846. The molecule has 2 atom stereocenters. The molecule has 2 aromatic rings. The summed E-state index contributed by atoms with van der Waals surface area (Å²) in [4.78, 5) is 15.4. The number of thioether (sulfide) groups is 1. The topological polar surface area (TPSA) is 51.1 Å². The molecule has 0 spiro atoms. The lowest BCUT2D eigenvalue weighted by Gasteiger charge is -2.33. The van der Waals surface area contributed by atoms with E-state index in [0.29, 0.717) is 34.9 Å². The third-order valence-electron chi connectivity index (χ3n) is 5.04. The van der Waals surface area contributed by atoms with Gasteiger partial charge in [0.25, 0.3) is 0 Å². The molecule has 2 unspecified atom stereocenters. The highest BCUT2D eigenvalue weighted by Gasteiger charge is 2.35. The number of fused-ring (bicyclic) bond motifs is 3. The van der Waals surface area contributed by atoms with Gasteiger partial charge in [-0.2, -0.15) is 4.98 Å². The van der Waals surface area contributed by atoms with Crippen LogP contribution in [0, 0.1) is 17.7 Å². The number of nitrogens with zero attached hydrogens (tertiary/aromatic N) is 4. The molecule has 0 N–H and O–H groups in total. The van der Waals surface area contributed by atoms with E-state index < -0.39 is 5.82 Å². The second-order valence-corrected chi connectivity index (χ2v) is 7.79. The van der Waals surface area contributed by atoms with Crippen LogP contribution in [-0.2, 0) is 0 Å². The van der Waals surface area contributed by atoms with Gasteiger partial charge in [0.1, 0.15) is 16.7 Å². The predicted molar refractivity (Wildman–Crippen MR) is 98.3 cm³/mol. The Morgan fingerprint density at radius 1 is 1.24 bits per heavy atom. The molecule has 134 valence electrons. The molecule has 3 heterocycles. The van der Waals surface area contributed by atoms with Gasteiger partial charge in [-0.3, -0.25) is 0 Å². The van der Waals surface area contributed by atoms with Gasteiger partial charge in [-0.1, -0.05) is 23.4 Å². The van der Waals surface area contributed by atoms with Crippen molar-refractivity contribution in [2.75, 3.05) is 30.9 Å². The first kappa shape index (κ1) is 17.1. The minimum atomic E-state index is -0.612. The summed E-state index contributed by atoms with van der Waals surface area (Å²) in [7, 11) is 0. The highest BCUT2D eigenvalue weighted by Crippen LogP contribution is 2.42. The van der Waals surface area contributed by atoms with Gasteiger partial charge in [-0.05, 0) is 44.3 Å². The number of aromatic nitrogens is 3. The van der Waals surface area contributed by atoms with E-state index in [-0.39, 0.29) is 10.7 Å². The summed E-state index contributed by atoms with van der Waals surface area (Å²) >= 11 is 7.36. The zero-order chi connectivity index (χ0) is 17.6. The molecule has 1 saturated heterocycles. The van der Waals surface area contributed by atoms with E-state index in [2.05, 4.69) is 14.9 Å². The zero-order valence-electron chi connectivity index (χ0n) is 14.3. The van der Waals surface area contributed by atoms with Crippen LogP contribution in [-0.4, -0.2) is 40.9 Å². The number of pyridine rings is 1. The monoisotopic (exact) mass is 382 g/mol. The van der Waals surface area contributed by atoms with Crippen molar-refractivity contribution >= 4 is 40.1 Å². The smallest absolute Gasteiger partial charge is 0.228 e. The van der Waals surface area contributed by atoms with Crippen LogP contribution in [0.15, 0.2) is 5.16 Å². The van der Waals surface area contributed by atoms with Crippen molar-refractivity contribution in [3.8, 4) is 5.88 Å². The van der Waals surface area contributed by atoms with Gasteiger partial charge in [0.15, 0.2) is 16.1 Å². The minimum Gasteiger partial charge on any atom is -0.477 e. The largest absolute Gasteiger partial charge is 0.477 e. The van der Waals surface area contributed by atoms with Crippen molar-refractivity contribution in [3.63, 3.8) is 0 Å². The number of anilines is 1. The van der Waals surface area contributed by atoms with Crippen molar-refractivity contribution in [3.05, 3.63) is 11.0 Å². The molecular weight excluding hydrogens is 363 g/mol. The zero-order valence-corrected chi connectivity index (χ0v) is 15.8. The lowest BCUT2D eigenvalue weighted by atomic mass is 9.98. The number of piperidine rings is 1. The first-order chi connectivity index (χ1) is 12.1. The summed E-state index contributed by atoms with van der Waals surface area (Å²) in [5.41, 5.74) is 0.190. The van der Waals surface area contributed by atoms with Crippen LogP contribution in [0.5, 0.6) is 5.88 Å². The predicted octanol–water partition coefficient (Wildman–Crippen LogP) is 4.17. The van der Waals surface area contributed by atoms with E-state index in [1.165, 1.54) is 31.0 Å². The maximum absolute atomic E-state index is 14.7. The molecule has 2 fully saturated rings. The van der Waals surface area contributed by atoms with Crippen LogP contribution >= 0.6 is 23.4 Å². The summed E-state index contributed by atoms with van der Waals surface area (Å²) in [6, 6.07) is 0. The number of rotatable bonds is 4. The Morgan fingerprint density at radius 3 is 2.60 bits per heavy atom. The normalized spacial score (nSPS) is 22.6. The first-order valence-corrected chi connectivity index (χ1v) is 10.2. The van der Waals surface area contributed by atoms with Crippen LogP contribution in [0.2, 0.25) is 5.15 Å². The Labute approximate surface area is 155 Å². The maximum Gasteiger partial charge on any atom is 0.228 e. The standard InChI is InChI=1S/C17H20ClFN4OS/c1-3-24-16-11-13(12(19)14(18)21-16)20-17(25-2)22-15(11)23-7-9-4-5-10(6-9)8-23/h9-10H,3-8H2,1-2H3. The van der Waals surface area contributed by atoms with Crippen LogP contribution in [0.25, 0.3) is 10.9 Å². The first-order valence-electron chi connectivity index (χ1n) is 8.59. The molecule has 0 radical (unpaired) electrons. The number of halogens is 2. The van der Waals surface area contributed by atoms with Crippen molar-refractivity contribution in [2.45, 2.75) is 31.3 Å². The summed E-state index contributed by atoms with van der Waals surface area (Å²) in [5.74, 6) is 1.78. The second-order valence-electron chi connectivity index (χ2n) is 6.66. The minimum absolute atomic E-state index is 0.190. The van der Waals surface area contributed by atoms with E-state index in [0.717, 1.165) is 18.9 Å². The molecule has 4 rings (SSSR count). The Kier molecular flexibility index (Phi) is 4.62. The van der Waals surface area contributed by atoms with Gasteiger partial charge >= 0.3 is 0 Å². The SMILES string of the molecule is CCOc1nc(Cl)c(F)c2nc(SC)nc(N3CC4CCC(C4)C3)c12. The third-order valence-corrected chi connectivity index (χ3v) is 5.84. The van der Waals surface area contributed by atoms with Crippen LogP contribution < -0.4 is 9.64 Å². The molecule has 25 heavy (non-hydrogen) atoms. The van der Waals surface area contributed by atoms with E-state index in [1.54, 1.807) is 0 Å². The molecule has 1 aliphatic heterocycles. The van der Waals surface area contributed by atoms with Gasteiger partial charge in [0.05, 0.1) is 6.61 Å². The summed E-state index contributed by atoms with van der Waals surface area (Å²) in [6.45, 7) is 4.15. The fourth-order valence-corrected chi connectivity index (χ4v) is 4.55. The quantitative estimate of drug-likeness (QED) is 0.449. The fourth-order valence-electron chi connectivity index (χ4n) is 4.02. The van der Waals surface area contributed by atoms with Crippen LogP contribution in [0.4, 0.5) is 10.2 Å². The Bertz CT molecular complexity index is 809. The van der Waals surface area contributed by atoms with Crippen molar-refractivity contribution in [2.24, 2.45) is 11.8 Å². The van der Waals surface area contributed by atoms with E-state index in [4.69, 9.17) is 21.3 Å². The van der Waals surface area contributed by atoms with Crippen LogP contribution in [0.1, 0.15) is 26.2 Å². The Morgan fingerprint density at radius 2 is 1.96 bits per heavy atom. The van der Waals surface area contributed by atoms with Gasteiger partial charge < -0.3 is 9.64 Å². The summed E-state index contributed by atoms with van der Waals surface area (Å²) in [6.07, 6.45) is 5.69. The van der Waals surface area contributed by atoms with Gasteiger partial charge in [-0.25, -0.2) is 14.4 Å². The van der Waals surface area contributed by atoms with Crippen molar-refractivity contribution in [1.82, 2.24) is 15.0 Å². The van der Waals surface area contributed by atoms with E-state index in [9.17, 15) is 4.39 Å². The van der Waals surface area contributed by atoms with E-state index in [1.807, 2.05) is 13.2 Å². The van der Waals surface area contributed by atoms with Gasteiger partial charge in [0, 0.05) is 13.1 Å². The molecule has 0 amide bonds. The highest BCUT2D eigenvalue weighted by atomic mass is 35.5.